The normalized spacial score (nSPS) is 26.0. The second-order valence-electron chi connectivity index (χ2n) is 9.44. The maximum absolute atomic E-state index is 12.6. The van der Waals surface area contributed by atoms with Gasteiger partial charge < -0.3 is 9.47 Å². The Kier molecular flexibility index (Phi) is 4.33. The summed E-state index contributed by atoms with van der Waals surface area (Å²) in [7, 11) is 0. The zero-order chi connectivity index (χ0) is 20.2. The summed E-state index contributed by atoms with van der Waals surface area (Å²) >= 11 is 0. The van der Waals surface area contributed by atoms with Gasteiger partial charge in [0.1, 0.15) is 6.10 Å². The van der Waals surface area contributed by atoms with Gasteiger partial charge >= 0.3 is 6.16 Å². The highest BCUT2D eigenvalue weighted by molar-refractivity contribution is 5.66. The van der Waals surface area contributed by atoms with Crippen LogP contribution in [0.3, 0.4) is 0 Å². The Morgan fingerprint density at radius 2 is 1.46 bits per heavy atom. The average molecular weight is 379 g/mol. The van der Waals surface area contributed by atoms with E-state index in [4.69, 9.17) is 9.47 Å². The van der Waals surface area contributed by atoms with Crippen LogP contribution in [0.4, 0.5) is 4.79 Å². The van der Waals surface area contributed by atoms with Gasteiger partial charge in [-0.3, -0.25) is 0 Å². The van der Waals surface area contributed by atoms with Crippen LogP contribution >= 0.6 is 0 Å². The van der Waals surface area contributed by atoms with Crippen molar-refractivity contribution in [3.63, 3.8) is 0 Å². The Morgan fingerprint density at radius 3 is 2.07 bits per heavy atom. The van der Waals surface area contributed by atoms with Crippen molar-refractivity contribution in [1.82, 2.24) is 0 Å². The Balaban J connectivity index is 1.92. The predicted molar refractivity (Wildman–Crippen MR) is 111 cm³/mol. The number of ether oxygens (including phenoxy) is 2. The first-order valence-corrected chi connectivity index (χ1v) is 10.3. The molecule has 0 bridgehead atoms. The van der Waals surface area contributed by atoms with Gasteiger partial charge in [-0.2, -0.15) is 0 Å². The molecule has 0 fully saturated rings. The number of benzene rings is 2. The van der Waals surface area contributed by atoms with Gasteiger partial charge in [-0.1, -0.05) is 83.1 Å². The van der Waals surface area contributed by atoms with Crippen molar-refractivity contribution in [2.45, 2.75) is 69.8 Å². The molecule has 3 heteroatoms. The molecule has 2 aromatic rings. The van der Waals surface area contributed by atoms with Gasteiger partial charge in [-0.15, -0.1) is 0 Å². The maximum Gasteiger partial charge on any atom is 0.508 e. The van der Waals surface area contributed by atoms with Gasteiger partial charge in [0.05, 0.1) is 12.0 Å². The van der Waals surface area contributed by atoms with Gasteiger partial charge in [0.25, 0.3) is 0 Å². The zero-order valence-corrected chi connectivity index (χ0v) is 17.5. The van der Waals surface area contributed by atoms with Crippen LogP contribution < -0.4 is 0 Å². The van der Waals surface area contributed by atoms with Crippen LogP contribution in [0.2, 0.25) is 0 Å². The first kappa shape index (κ1) is 19.0. The van der Waals surface area contributed by atoms with Crippen molar-refractivity contribution < 1.29 is 14.3 Å². The molecule has 2 unspecified atom stereocenters. The fourth-order valence-electron chi connectivity index (χ4n) is 5.72. The van der Waals surface area contributed by atoms with Crippen LogP contribution in [0.15, 0.2) is 48.5 Å². The van der Waals surface area contributed by atoms with E-state index >= 15 is 0 Å². The van der Waals surface area contributed by atoms with Crippen LogP contribution in [0.1, 0.15) is 69.7 Å². The minimum absolute atomic E-state index is 0.000934. The van der Waals surface area contributed by atoms with E-state index in [9.17, 15) is 4.79 Å². The van der Waals surface area contributed by atoms with Crippen molar-refractivity contribution >= 4 is 6.16 Å². The van der Waals surface area contributed by atoms with Crippen LogP contribution in [-0.4, -0.2) is 18.9 Å². The summed E-state index contributed by atoms with van der Waals surface area (Å²) in [5, 5.41) is 0. The molecule has 0 aliphatic heterocycles. The summed E-state index contributed by atoms with van der Waals surface area (Å²) in [4.78, 5) is 12.6. The van der Waals surface area contributed by atoms with E-state index in [0.29, 0.717) is 6.61 Å². The molecule has 0 saturated carbocycles. The summed E-state index contributed by atoms with van der Waals surface area (Å²) in [6, 6.07) is 17.2. The Labute approximate surface area is 168 Å². The van der Waals surface area contributed by atoms with E-state index in [0.717, 1.165) is 12.8 Å². The van der Waals surface area contributed by atoms with Crippen LogP contribution in [-0.2, 0) is 25.7 Å². The highest BCUT2D eigenvalue weighted by Gasteiger charge is 2.64. The molecular formula is C25H30O3. The molecule has 28 heavy (non-hydrogen) atoms. The average Bonchev–Trinajstić information content (AvgIpc) is 3.02. The second-order valence-corrected chi connectivity index (χ2v) is 9.44. The van der Waals surface area contributed by atoms with Gasteiger partial charge in [-0.25, -0.2) is 4.79 Å². The largest absolute Gasteiger partial charge is 0.508 e. The molecule has 3 nitrogen and oxygen atoms in total. The molecule has 0 amide bonds. The minimum atomic E-state index is -0.561. The van der Waals surface area contributed by atoms with Gasteiger partial charge in [-0.05, 0) is 40.5 Å². The molecule has 1 spiro atoms. The molecule has 0 radical (unpaired) electrons. The van der Waals surface area contributed by atoms with Gasteiger partial charge in [0, 0.05) is 5.41 Å². The van der Waals surface area contributed by atoms with E-state index in [1.807, 2.05) is 6.92 Å². The number of rotatable bonds is 3. The second kappa shape index (κ2) is 6.37. The molecule has 148 valence electrons. The quantitative estimate of drug-likeness (QED) is 0.626. The Bertz CT molecular complexity index is 899. The first-order valence-electron chi connectivity index (χ1n) is 10.3. The van der Waals surface area contributed by atoms with E-state index in [2.05, 4.69) is 76.2 Å². The van der Waals surface area contributed by atoms with E-state index < -0.39 is 6.16 Å². The van der Waals surface area contributed by atoms with Crippen LogP contribution in [0.5, 0.6) is 0 Å². The monoisotopic (exact) mass is 378 g/mol. The van der Waals surface area contributed by atoms with Crippen molar-refractivity contribution in [2.75, 3.05) is 6.61 Å². The smallest absolute Gasteiger partial charge is 0.434 e. The fourth-order valence-corrected chi connectivity index (χ4v) is 5.72. The first-order chi connectivity index (χ1) is 13.2. The number of carbonyl (C=O) groups excluding carboxylic acids is 1. The van der Waals surface area contributed by atoms with Crippen molar-refractivity contribution in [3.8, 4) is 0 Å². The standard InChI is InChI=1S/C25H30O3/c1-6-15-27-22(26)28-21-24(4,5)18-12-8-10-14-20(18)25(21)16-23(2,3)17-11-7-9-13-19(17)25/h7-14,21H,6,15-16H2,1-5H3. The third kappa shape index (κ3) is 2.52. The van der Waals surface area contributed by atoms with Crippen LogP contribution in [0, 0.1) is 0 Å². The third-order valence-electron chi connectivity index (χ3n) is 6.70. The SMILES string of the molecule is CCCOC(=O)OC1C(C)(C)c2ccccc2C12CC(C)(C)c1ccccc12. The molecule has 0 heterocycles. The van der Waals surface area contributed by atoms with E-state index in [1.165, 1.54) is 22.3 Å². The maximum atomic E-state index is 12.6. The molecule has 4 rings (SSSR count). The minimum Gasteiger partial charge on any atom is -0.434 e. The zero-order valence-electron chi connectivity index (χ0n) is 17.5. The summed E-state index contributed by atoms with van der Waals surface area (Å²) in [6.07, 6.45) is 0.814. The van der Waals surface area contributed by atoms with Crippen molar-refractivity contribution in [3.05, 3.63) is 70.8 Å². The lowest BCUT2D eigenvalue weighted by molar-refractivity contribution is -0.0221. The molecule has 0 saturated heterocycles. The molecule has 0 N–H and O–H groups in total. The molecular weight excluding hydrogens is 348 g/mol. The lowest BCUT2D eigenvalue weighted by Gasteiger charge is -2.39. The highest BCUT2D eigenvalue weighted by Crippen LogP contribution is 2.63. The number of carbonyl (C=O) groups is 1. The van der Waals surface area contributed by atoms with Gasteiger partial charge in [0.15, 0.2) is 0 Å². The topological polar surface area (TPSA) is 35.5 Å². The fraction of sp³-hybridized carbons (Fsp3) is 0.480. The molecule has 2 aliphatic rings. The molecule has 2 atom stereocenters. The predicted octanol–water partition coefficient (Wildman–Crippen LogP) is 5.88. The van der Waals surface area contributed by atoms with E-state index in [-0.39, 0.29) is 22.3 Å². The van der Waals surface area contributed by atoms with Gasteiger partial charge in [0.2, 0.25) is 0 Å². The van der Waals surface area contributed by atoms with E-state index in [1.54, 1.807) is 0 Å². The summed E-state index contributed by atoms with van der Waals surface area (Å²) in [6.45, 7) is 11.3. The molecule has 2 aromatic carbocycles. The summed E-state index contributed by atoms with van der Waals surface area (Å²) in [5.74, 6) is 0. The third-order valence-corrected chi connectivity index (χ3v) is 6.70. The summed E-state index contributed by atoms with van der Waals surface area (Å²) in [5.41, 5.74) is 4.51. The number of hydrogen-bond donors (Lipinski definition) is 0. The lowest BCUT2D eigenvalue weighted by Crippen LogP contribution is -2.46. The van der Waals surface area contributed by atoms with Crippen LogP contribution in [0.25, 0.3) is 0 Å². The highest BCUT2D eigenvalue weighted by atomic mass is 16.7. The summed E-state index contributed by atoms with van der Waals surface area (Å²) < 4.78 is 11.5. The molecule has 0 aromatic heterocycles. The van der Waals surface area contributed by atoms with Crippen molar-refractivity contribution in [1.29, 1.82) is 0 Å². The Hall–Kier alpha value is -2.29. The lowest BCUT2D eigenvalue weighted by atomic mass is 9.70. The number of fused-ring (bicyclic) bond motifs is 4. The molecule has 2 aliphatic carbocycles. The Morgan fingerprint density at radius 1 is 0.929 bits per heavy atom. The van der Waals surface area contributed by atoms with Crippen molar-refractivity contribution in [2.24, 2.45) is 0 Å². The number of hydrogen-bond acceptors (Lipinski definition) is 3.